The number of nitriles is 1. The van der Waals surface area contributed by atoms with E-state index in [0.717, 1.165) is 13.1 Å². The SMILES string of the molecule is CC1CN(CC#N)CCC1N(C)C. The first-order chi connectivity index (χ1) is 6.15. The van der Waals surface area contributed by atoms with Gasteiger partial charge in [0.15, 0.2) is 0 Å². The minimum Gasteiger partial charge on any atom is -0.306 e. The van der Waals surface area contributed by atoms with Crippen molar-refractivity contribution in [2.75, 3.05) is 33.7 Å². The van der Waals surface area contributed by atoms with Gasteiger partial charge in [0.1, 0.15) is 0 Å². The smallest absolute Gasteiger partial charge is 0.0866 e. The third-order valence-corrected chi connectivity index (χ3v) is 2.90. The Balaban J connectivity index is 2.43. The fraction of sp³-hybridized carbons (Fsp3) is 0.900. The summed E-state index contributed by atoms with van der Waals surface area (Å²) >= 11 is 0. The molecule has 0 bridgehead atoms. The minimum atomic E-state index is 0.588. The van der Waals surface area contributed by atoms with Crippen LogP contribution in [0.2, 0.25) is 0 Å². The number of nitrogens with zero attached hydrogens (tertiary/aromatic N) is 3. The molecule has 0 amide bonds. The normalized spacial score (nSPS) is 30.4. The van der Waals surface area contributed by atoms with Gasteiger partial charge in [-0.25, -0.2) is 0 Å². The molecule has 0 aliphatic carbocycles. The van der Waals surface area contributed by atoms with Gasteiger partial charge in [0.25, 0.3) is 0 Å². The molecule has 1 aliphatic rings. The molecule has 0 aromatic carbocycles. The van der Waals surface area contributed by atoms with Crippen LogP contribution in [0.4, 0.5) is 0 Å². The van der Waals surface area contributed by atoms with Crippen molar-refractivity contribution in [1.29, 1.82) is 5.26 Å². The molecule has 0 N–H and O–H groups in total. The summed E-state index contributed by atoms with van der Waals surface area (Å²) in [5.41, 5.74) is 0. The second-order valence-corrected chi connectivity index (χ2v) is 4.19. The maximum atomic E-state index is 8.58. The lowest BCUT2D eigenvalue weighted by molar-refractivity contribution is 0.103. The van der Waals surface area contributed by atoms with E-state index in [0.29, 0.717) is 18.5 Å². The van der Waals surface area contributed by atoms with E-state index in [1.165, 1.54) is 6.42 Å². The maximum absolute atomic E-state index is 8.58. The van der Waals surface area contributed by atoms with Crippen LogP contribution >= 0.6 is 0 Å². The van der Waals surface area contributed by atoms with Crippen LogP contribution in [-0.4, -0.2) is 49.6 Å². The van der Waals surface area contributed by atoms with Crippen molar-refractivity contribution in [3.05, 3.63) is 0 Å². The zero-order chi connectivity index (χ0) is 9.84. The van der Waals surface area contributed by atoms with E-state index in [4.69, 9.17) is 5.26 Å². The predicted octanol–water partition coefficient (Wildman–Crippen LogP) is 0.782. The summed E-state index contributed by atoms with van der Waals surface area (Å²) in [6, 6.07) is 2.90. The van der Waals surface area contributed by atoms with Crippen molar-refractivity contribution >= 4 is 0 Å². The van der Waals surface area contributed by atoms with Gasteiger partial charge in [0.2, 0.25) is 0 Å². The highest BCUT2D eigenvalue weighted by Gasteiger charge is 2.26. The summed E-state index contributed by atoms with van der Waals surface area (Å²) in [4.78, 5) is 4.54. The van der Waals surface area contributed by atoms with E-state index >= 15 is 0 Å². The fourth-order valence-electron chi connectivity index (χ4n) is 2.23. The van der Waals surface area contributed by atoms with Gasteiger partial charge in [0, 0.05) is 19.1 Å². The predicted molar refractivity (Wildman–Crippen MR) is 53.3 cm³/mol. The first kappa shape index (κ1) is 10.5. The topological polar surface area (TPSA) is 30.3 Å². The van der Waals surface area contributed by atoms with Crippen molar-refractivity contribution < 1.29 is 0 Å². The molecule has 3 nitrogen and oxygen atoms in total. The van der Waals surface area contributed by atoms with Crippen LogP contribution in [0.3, 0.4) is 0 Å². The molecule has 1 fully saturated rings. The molecule has 0 radical (unpaired) electrons. The Morgan fingerprint density at radius 3 is 2.69 bits per heavy atom. The molecule has 1 aliphatic heterocycles. The number of likely N-dealkylation sites (tertiary alicyclic amines) is 1. The zero-order valence-corrected chi connectivity index (χ0v) is 8.82. The summed E-state index contributed by atoms with van der Waals surface area (Å²) in [7, 11) is 4.28. The standard InChI is InChI=1S/C10H19N3/c1-9-8-13(7-5-11)6-4-10(9)12(2)3/h9-10H,4,6-8H2,1-3H3. The van der Waals surface area contributed by atoms with Gasteiger partial charge in [-0.3, -0.25) is 4.90 Å². The summed E-state index contributed by atoms with van der Waals surface area (Å²) < 4.78 is 0. The number of rotatable bonds is 2. The average molecular weight is 181 g/mol. The molecular formula is C10H19N3. The molecule has 2 unspecified atom stereocenters. The highest BCUT2D eigenvalue weighted by atomic mass is 15.2. The van der Waals surface area contributed by atoms with Gasteiger partial charge in [-0.15, -0.1) is 0 Å². The van der Waals surface area contributed by atoms with Crippen LogP contribution < -0.4 is 0 Å². The molecule has 13 heavy (non-hydrogen) atoms. The van der Waals surface area contributed by atoms with Gasteiger partial charge >= 0.3 is 0 Å². The molecule has 0 spiro atoms. The first-order valence-electron chi connectivity index (χ1n) is 4.91. The second kappa shape index (κ2) is 4.59. The van der Waals surface area contributed by atoms with E-state index in [2.05, 4.69) is 36.9 Å². The lowest BCUT2D eigenvalue weighted by Gasteiger charge is -2.39. The summed E-state index contributed by atoms with van der Waals surface area (Å²) in [6.07, 6.45) is 1.19. The third-order valence-electron chi connectivity index (χ3n) is 2.90. The van der Waals surface area contributed by atoms with Crippen LogP contribution in [0.15, 0.2) is 0 Å². The Hall–Kier alpha value is -0.590. The van der Waals surface area contributed by atoms with Crippen molar-refractivity contribution in [3.8, 4) is 6.07 Å². The molecular weight excluding hydrogens is 162 g/mol. The highest BCUT2D eigenvalue weighted by Crippen LogP contribution is 2.19. The van der Waals surface area contributed by atoms with Gasteiger partial charge in [-0.05, 0) is 26.4 Å². The average Bonchev–Trinajstić information content (AvgIpc) is 2.04. The molecule has 1 saturated heterocycles. The Labute approximate surface area is 80.9 Å². The molecule has 0 aromatic rings. The molecule has 74 valence electrons. The largest absolute Gasteiger partial charge is 0.306 e. The lowest BCUT2D eigenvalue weighted by atomic mass is 9.93. The van der Waals surface area contributed by atoms with Gasteiger partial charge in [-0.1, -0.05) is 6.92 Å². The summed E-state index contributed by atoms with van der Waals surface area (Å²) in [6.45, 7) is 5.00. The van der Waals surface area contributed by atoms with Crippen LogP contribution in [0.5, 0.6) is 0 Å². The highest BCUT2D eigenvalue weighted by molar-refractivity contribution is 4.86. The fourth-order valence-corrected chi connectivity index (χ4v) is 2.23. The quantitative estimate of drug-likeness (QED) is 0.590. The van der Waals surface area contributed by atoms with Crippen molar-refractivity contribution in [1.82, 2.24) is 9.80 Å². The zero-order valence-electron chi connectivity index (χ0n) is 8.82. The van der Waals surface area contributed by atoms with E-state index in [-0.39, 0.29) is 0 Å². The second-order valence-electron chi connectivity index (χ2n) is 4.19. The van der Waals surface area contributed by atoms with Gasteiger partial charge in [-0.2, -0.15) is 5.26 Å². The summed E-state index contributed by atoms with van der Waals surface area (Å²) in [5, 5.41) is 8.58. The minimum absolute atomic E-state index is 0.588. The van der Waals surface area contributed by atoms with E-state index < -0.39 is 0 Å². The molecule has 3 heteroatoms. The maximum Gasteiger partial charge on any atom is 0.0866 e. The lowest BCUT2D eigenvalue weighted by Crippen LogP contribution is -2.47. The monoisotopic (exact) mass is 181 g/mol. The van der Waals surface area contributed by atoms with Crippen LogP contribution in [0, 0.1) is 17.2 Å². The molecule has 0 saturated carbocycles. The van der Waals surface area contributed by atoms with Crippen molar-refractivity contribution in [2.24, 2.45) is 5.92 Å². The van der Waals surface area contributed by atoms with Crippen LogP contribution in [-0.2, 0) is 0 Å². The Bertz CT molecular complexity index is 195. The van der Waals surface area contributed by atoms with Crippen molar-refractivity contribution in [3.63, 3.8) is 0 Å². The number of hydrogen-bond donors (Lipinski definition) is 0. The van der Waals surface area contributed by atoms with Crippen LogP contribution in [0.25, 0.3) is 0 Å². The van der Waals surface area contributed by atoms with E-state index in [9.17, 15) is 0 Å². The molecule has 1 heterocycles. The Morgan fingerprint density at radius 2 is 2.23 bits per heavy atom. The summed E-state index contributed by atoms with van der Waals surface area (Å²) in [5.74, 6) is 0.678. The van der Waals surface area contributed by atoms with Gasteiger partial charge in [0.05, 0.1) is 12.6 Å². The Morgan fingerprint density at radius 1 is 1.54 bits per heavy atom. The number of hydrogen-bond acceptors (Lipinski definition) is 3. The Kier molecular flexibility index (Phi) is 3.71. The molecule has 2 atom stereocenters. The third kappa shape index (κ3) is 2.68. The first-order valence-corrected chi connectivity index (χ1v) is 4.91. The molecule has 1 rings (SSSR count). The van der Waals surface area contributed by atoms with E-state index in [1.807, 2.05) is 0 Å². The molecule has 0 aromatic heterocycles. The van der Waals surface area contributed by atoms with Gasteiger partial charge < -0.3 is 4.90 Å². The van der Waals surface area contributed by atoms with E-state index in [1.54, 1.807) is 0 Å². The van der Waals surface area contributed by atoms with Crippen LogP contribution in [0.1, 0.15) is 13.3 Å². The number of piperidine rings is 1. The van der Waals surface area contributed by atoms with Crippen molar-refractivity contribution in [2.45, 2.75) is 19.4 Å².